The van der Waals surface area contributed by atoms with Crippen molar-refractivity contribution in [3.63, 3.8) is 0 Å². The van der Waals surface area contributed by atoms with Crippen molar-refractivity contribution in [3.05, 3.63) is 59.7 Å². The molecule has 27 heavy (non-hydrogen) atoms. The number of amides is 1. The normalized spacial score (nSPS) is 16.2. The molecule has 0 radical (unpaired) electrons. The van der Waals surface area contributed by atoms with Crippen LogP contribution >= 0.6 is 0 Å². The van der Waals surface area contributed by atoms with Crippen LogP contribution in [-0.4, -0.2) is 53.7 Å². The van der Waals surface area contributed by atoms with Crippen molar-refractivity contribution < 1.29 is 24.5 Å². The Morgan fingerprint density at radius 2 is 1.93 bits per heavy atom. The molecule has 0 bridgehead atoms. The van der Waals surface area contributed by atoms with E-state index in [9.17, 15) is 14.7 Å². The van der Waals surface area contributed by atoms with Gasteiger partial charge in [0.1, 0.15) is 11.8 Å². The van der Waals surface area contributed by atoms with Crippen LogP contribution in [0.3, 0.4) is 0 Å². The molecule has 1 atom stereocenters. The molecular weight excluding hydrogens is 348 g/mol. The predicted molar refractivity (Wildman–Crippen MR) is 99.7 cm³/mol. The maximum Gasteiger partial charge on any atom is 0.325 e. The first-order valence-corrected chi connectivity index (χ1v) is 8.64. The minimum atomic E-state index is -1.01. The quantitative estimate of drug-likeness (QED) is 0.804. The van der Waals surface area contributed by atoms with Crippen LogP contribution in [0.5, 0.6) is 5.75 Å². The second-order valence-corrected chi connectivity index (χ2v) is 6.36. The van der Waals surface area contributed by atoms with E-state index < -0.39 is 12.0 Å². The first-order chi connectivity index (χ1) is 13.0. The molecule has 0 aromatic heterocycles. The summed E-state index contributed by atoms with van der Waals surface area (Å²) in [5, 5.41) is 18.9. The number of methoxy groups -OCH3 is 1. The van der Waals surface area contributed by atoms with Crippen molar-refractivity contribution in [2.45, 2.75) is 12.6 Å². The molecule has 1 heterocycles. The molecule has 142 valence electrons. The molecule has 2 aromatic carbocycles. The van der Waals surface area contributed by atoms with Gasteiger partial charge in [-0.05, 0) is 23.3 Å². The van der Waals surface area contributed by atoms with Gasteiger partial charge in [-0.3, -0.25) is 14.5 Å². The van der Waals surface area contributed by atoms with Gasteiger partial charge in [0, 0.05) is 24.8 Å². The van der Waals surface area contributed by atoms with E-state index in [0.29, 0.717) is 30.0 Å². The Bertz CT molecular complexity index is 821. The third-order valence-electron chi connectivity index (χ3n) is 4.69. The highest BCUT2D eigenvalue weighted by Crippen LogP contribution is 2.27. The lowest BCUT2D eigenvalue weighted by Crippen LogP contribution is -2.52. The van der Waals surface area contributed by atoms with Crippen molar-refractivity contribution in [2.75, 3.05) is 31.6 Å². The third-order valence-corrected chi connectivity index (χ3v) is 4.69. The molecule has 0 saturated carbocycles. The lowest BCUT2D eigenvalue weighted by atomic mass is 10.0. The third kappa shape index (κ3) is 4.10. The number of carboxylic acids is 1. The average molecular weight is 370 g/mol. The van der Waals surface area contributed by atoms with Gasteiger partial charge in [0.2, 0.25) is 5.91 Å². The van der Waals surface area contributed by atoms with Gasteiger partial charge in [0.05, 0.1) is 20.3 Å². The molecule has 2 N–H and O–H groups in total. The molecule has 0 spiro atoms. The lowest BCUT2D eigenvalue weighted by Gasteiger charge is -2.37. The second kappa shape index (κ2) is 8.20. The topological polar surface area (TPSA) is 90.3 Å². The molecule has 0 unspecified atom stereocenters. The number of hydrogen-bond donors (Lipinski definition) is 2. The van der Waals surface area contributed by atoms with Gasteiger partial charge in [0.15, 0.2) is 0 Å². The van der Waals surface area contributed by atoms with Crippen LogP contribution in [0.15, 0.2) is 48.5 Å². The summed E-state index contributed by atoms with van der Waals surface area (Å²) < 4.78 is 5.20. The number of ether oxygens (including phenoxy) is 1. The zero-order chi connectivity index (χ0) is 19.4. The number of benzene rings is 2. The minimum absolute atomic E-state index is 0.00985. The van der Waals surface area contributed by atoms with E-state index in [1.54, 1.807) is 53.3 Å². The van der Waals surface area contributed by atoms with Crippen LogP contribution in [0.4, 0.5) is 5.69 Å². The van der Waals surface area contributed by atoms with E-state index in [-0.39, 0.29) is 19.1 Å². The van der Waals surface area contributed by atoms with Gasteiger partial charge in [0.25, 0.3) is 0 Å². The van der Waals surface area contributed by atoms with E-state index >= 15 is 0 Å². The highest BCUT2D eigenvalue weighted by molar-refractivity contribution is 5.96. The number of aliphatic hydroxyl groups excluding tert-OH is 1. The molecule has 0 aliphatic carbocycles. The monoisotopic (exact) mass is 370 g/mol. The number of hydrogen-bond acceptors (Lipinski definition) is 5. The number of piperazine rings is 1. The summed E-state index contributed by atoms with van der Waals surface area (Å²) >= 11 is 0. The smallest absolute Gasteiger partial charge is 0.325 e. The van der Waals surface area contributed by atoms with Crippen LogP contribution < -0.4 is 9.64 Å². The Hall–Kier alpha value is -2.90. The first kappa shape index (κ1) is 18.9. The van der Waals surface area contributed by atoms with E-state index in [4.69, 9.17) is 9.84 Å². The van der Waals surface area contributed by atoms with Gasteiger partial charge in [-0.1, -0.05) is 30.3 Å². The van der Waals surface area contributed by atoms with Gasteiger partial charge in [-0.2, -0.15) is 0 Å². The highest BCUT2D eigenvalue weighted by Gasteiger charge is 2.34. The minimum Gasteiger partial charge on any atom is -0.497 e. The van der Waals surface area contributed by atoms with Crippen LogP contribution in [0.1, 0.15) is 17.2 Å². The molecule has 3 rings (SSSR count). The summed E-state index contributed by atoms with van der Waals surface area (Å²) in [5.74, 6) is -0.503. The largest absolute Gasteiger partial charge is 0.497 e. The van der Waals surface area contributed by atoms with Crippen molar-refractivity contribution >= 4 is 17.6 Å². The second-order valence-electron chi connectivity index (χ2n) is 6.36. The lowest BCUT2D eigenvalue weighted by molar-refractivity contribution is -0.144. The van der Waals surface area contributed by atoms with Crippen LogP contribution in [0.2, 0.25) is 0 Å². The van der Waals surface area contributed by atoms with Gasteiger partial charge in [-0.15, -0.1) is 0 Å². The number of carbonyl (C=O) groups excluding carboxylic acids is 1. The van der Waals surface area contributed by atoms with Crippen LogP contribution in [-0.2, 0) is 16.2 Å². The summed E-state index contributed by atoms with van der Waals surface area (Å²) in [6, 6.07) is 13.1. The number of anilines is 1. The van der Waals surface area contributed by atoms with Crippen molar-refractivity contribution in [1.29, 1.82) is 0 Å². The van der Waals surface area contributed by atoms with Gasteiger partial charge < -0.3 is 19.8 Å². The zero-order valence-corrected chi connectivity index (χ0v) is 15.0. The Morgan fingerprint density at radius 1 is 1.19 bits per heavy atom. The van der Waals surface area contributed by atoms with E-state index in [0.717, 1.165) is 5.69 Å². The Balaban J connectivity index is 1.78. The van der Waals surface area contributed by atoms with E-state index in [1.165, 1.54) is 0 Å². The molecular formula is C20H22N2O5. The fourth-order valence-electron chi connectivity index (χ4n) is 3.28. The van der Waals surface area contributed by atoms with E-state index in [1.807, 2.05) is 12.1 Å². The predicted octanol–water partition coefficient (Wildman–Crippen LogP) is 1.66. The first-order valence-electron chi connectivity index (χ1n) is 8.64. The fourth-order valence-corrected chi connectivity index (χ4v) is 3.28. The average Bonchev–Trinajstić information content (AvgIpc) is 2.68. The van der Waals surface area contributed by atoms with E-state index in [2.05, 4.69) is 0 Å². The number of carboxylic acid groups (broad SMARTS) is 1. The molecule has 7 nitrogen and oxygen atoms in total. The highest BCUT2D eigenvalue weighted by atomic mass is 16.5. The number of carbonyl (C=O) groups is 2. The Kier molecular flexibility index (Phi) is 5.73. The van der Waals surface area contributed by atoms with Crippen molar-refractivity contribution in [2.24, 2.45) is 0 Å². The SMILES string of the molecule is COc1cccc(N2CCN([C@@H](C(=O)O)c3ccc(CO)cc3)CC2=O)c1. The maximum absolute atomic E-state index is 12.7. The molecule has 1 aliphatic rings. The standard InChI is InChI=1S/C20H22N2O5/c1-27-17-4-2-3-16(11-17)22-10-9-21(12-18(22)24)19(20(25)26)15-7-5-14(13-23)6-8-15/h2-8,11,19,23H,9-10,12-13H2,1H3,(H,25,26)/t19-/m1/s1. The van der Waals surface area contributed by atoms with Crippen LogP contribution in [0.25, 0.3) is 0 Å². The molecule has 1 amide bonds. The fraction of sp³-hybridized carbons (Fsp3) is 0.300. The molecule has 1 aliphatic heterocycles. The molecule has 1 fully saturated rings. The summed E-state index contributed by atoms with van der Waals surface area (Å²) in [7, 11) is 1.57. The van der Waals surface area contributed by atoms with Crippen molar-refractivity contribution in [3.8, 4) is 5.75 Å². The van der Waals surface area contributed by atoms with Gasteiger partial charge >= 0.3 is 5.97 Å². The summed E-state index contributed by atoms with van der Waals surface area (Å²) in [4.78, 5) is 27.9. The molecule has 1 saturated heterocycles. The summed E-state index contributed by atoms with van der Waals surface area (Å²) in [5.41, 5.74) is 2.03. The Labute approximate surface area is 157 Å². The van der Waals surface area contributed by atoms with Crippen LogP contribution in [0, 0.1) is 0 Å². The zero-order valence-electron chi connectivity index (χ0n) is 15.0. The number of nitrogens with zero attached hydrogens (tertiary/aromatic N) is 2. The summed E-state index contributed by atoms with van der Waals surface area (Å²) in [6.45, 7) is 0.734. The maximum atomic E-state index is 12.7. The van der Waals surface area contributed by atoms with Gasteiger partial charge in [-0.25, -0.2) is 0 Å². The number of aliphatic carboxylic acids is 1. The van der Waals surface area contributed by atoms with Crippen molar-refractivity contribution in [1.82, 2.24) is 4.90 Å². The number of rotatable bonds is 6. The number of aliphatic hydroxyl groups is 1. The Morgan fingerprint density at radius 3 is 2.52 bits per heavy atom. The molecule has 2 aromatic rings. The summed E-state index contributed by atoms with van der Waals surface area (Å²) in [6.07, 6.45) is 0. The molecule has 7 heteroatoms.